The predicted molar refractivity (Wildman–Crippen MR) is 75.2 cm³/mol. The summed E-state index contributed by atoms with van der Waals surface area (Å²) in [5.41, 5.74) is 3.13. The standard InChI is InChI=1S/C17H24/c1-2-4-7-11-16(12-8-5-3-1)15-17-13-9-6-10-14-17/h6,9-11,13-14H,1-5,7-8,12,15H2. The molecule has 0 aliphatic heterocycles. The zero-order valence-corrected chi connectivity index (χ0v) is 10.8. The molecule has 0 saturated heterocycles. The second-order valence-electron chi connectivity index (χ2n) is 5.18. The van der Waals surface area contributed by atoms with Gasteiger partial charge >= 0.3 is 0 Å². The smallest absolute Gasteiger partial charge is 0.00671 e. The lowest BCUT2D eigenvalue weighted by atomic mass is 9.96. The van der Waals surface area contributed by atoms with Crippen molar-refractivity contribution >= 4 is 0 Å². The van der Waals surface area contributed by atoms with E-state index in [0.29, 0.717) is 0 Å². The van der Waals surface area contributed by atoms with Crippen LogP contribution in [0.15, 0.2) is 42.0 Å². The van der Waals surface area contributed by atoms with E-state index in [-0.39, 0.29) is 0 Å². The van der Waals surface area contributed by atoms with Crippen LogP contribution in [0, 0.1) is 0 Å². The van der Waals surface area contributed by atoms with Crippen LogP contribution in [0.1, 0.15) is 56.9 Å². The van der Waals surface area contributed by atoms with Crippen molar-refractivity contribution in [3.63, 3.8) is 0 Å². The highest BCUT2D eigenvalue weighted by Crippen LogP contribution is 2.19. The first-order valence-corrected chi connectivity index (χ1v) is 7.17. The average Bonchev–Trinajstić information content (AvgIpc) is 2.38. The van der Waals surface area contributed by atoms with Gasteiger partial charge in [-0.05, 0) is 37.7 Å². The van der Waals surface area contributed by atoms with Crippen molar-refractivity contribution in [3.8, 4) is 0 Å². The molecule has 0 spiro atoms. The maximum atomic E-state index is 2.51. The molecule has 0 N–H and O–H groups in total. The van der Waals surface area contributed by atoms with Gasteiger partial charge in [0.15, 0.2) is 0 Å². The van der Waals surface area contributed by atoms with E-state index in [9.17, 15) is 0 Å². The van der Waals surface area contributed by atoms with Crippen LogP contribution in [0.5, 0.6) is 0 Å². The van der Waals surface area contributed by atoms with Crippen LogP contribution in [-0.2, 0) is 6.42 Å². The molecule has 2 rings (SSSR count). The zero-order valence-electron chi connectivity index (χ0n) is 10.8. The van der Waals surface area contributed by atoms with Gasteiger partial charge in [-0.15, -0.1) is 0 Å². The molecule has 0 amide bonds. The van der Waals surface area contributed by atoms with E-state index in [1.807, 2.05) is 0 Å². The average molecular weight is 228 g/mol. The van der Waals surface area contributed by atoms with Crippen LogP contribution in [0.25, 0.3) is 0 Å². The first kappa shape index (κ1) is 12.4. The van der Waals surface area contributed by atoms with Crippen LogP contribution in [-0.4, -0.2) is 0 Å². The molecule has 1 aliphatic rings. The minimum absolute atomic E-state index is 1.17. The fourth-order valence-electron chi connectivity index (χ4n) is 2.63. The number of hydrogen-bond acceptors (Lipinski definition) is 0. The second kappa shape index (κ2) is 7.32. The maximum Gasteiger partial charge on any atom is -0.00671 e. The van der Waals surface area contributed by atoms with E-state index in [0.717, 1.165) is 0 Å². The van der Waals surface area contributed by atoms with Gasteiger partial charge in [-0.3, -0.25) is 0 Å². The maximum absolute atomic E-state index is 2.51. The molecule has 0 unspecified atom stereocenters. The van der Waals surface area contributed by atoms with Crippen LogP contribution >= 0.6 is 0 Å². The number of hydrogen-bond donors (Lipinski definition) is 0. The number of rotatable bonds is 2. The highest BCUT2D eigenvalue weighted by molar-refractivity contribution is 5.21. The Hall–Kier alpha value is -1.04. The molecule has 92 valence electrons. The first-order chi connectivity index (χ1) is 8.45. The summed E-state index contributed by atoms with van der Waals surface area (Å²) in [4.78, 5) is 0. The molecule has 1 aliphatic carbocycles. The molecular weight excluding hydrogens is 204 g/mol. The quantitative estimate of drug-likeness (QED) is 0.603. The van der Waals surface area contributed by atoms with Crippen LogP contribution in [0.4, 0.5) is 0 Å². The summed E-state index contributed by atoms with van der Waals surface area (Å²) in [6, 6.07) is 10.9. The Morgan fingerprint density at radius 1 is 0.765 bits per heavy atom. The molecule has 17 heavy (non-hydrogen) atoms. The molecule has 0 saturated carbocycles. The largest absolute Gasteiger partial charge is 0.0850 e. The lowest BCUT2D eigenvalue weighted by molar-refractivity contribution is 0.583. The Morgan fingerprint density at radius 3 is 2.29 bits per heavy atom. The fraction of sp³-hybridized carbons (Fsp3) is 0.529. The molecule has 0 atom stereocenters. The van der Waals surface area contributed by atoms with Crippen molar-refractivity contribution in [1.82, 2.24) is 0 Å². The van der Waals surface area contributed by atoms with Crippen molar-refractivity contribution < 1.29 is 0 Å². The Kier molecular flexibility index (Phi) is 5.35. The Balaban J connectivity index is 1.93. The fourth-order valence-corrected chi connectivity index (χ4v) is 2.63. The summed E-state index contributed by atoms with van der Waals surface area (Å²) in [5.74, 6) is 0. The van der Waals surface area contributed by atoms with E-state index in [1.54, 1.807) is 5.57 Å². The van der Waals surface area contributed by atoms with Crippen LogP contribution < -0.4 is 0 Å². The Morgan fingerprint density at radius 2 is 1.47 bits per heavy atom. The number of benzene rings is 1. The summed E-state index contributed by atoms with van der Waals surface area (Å²) in [7, 11) is 0. The minimum Gasteiger partial charge on any atom is -0.0850 e. The number of allylic oxidation sites excluding steroid dienone is 2. The molecule has 0 heteroatoms. The van der Waals surface area contributed by atoms with Crippen molar-refractivity contribution in [3.05, 3.63) is 47.5 Å². The SMILES string of the molecule is C1=C(Cc2ccccc2)CCCCCCCC1. The Labute approximate surface area is 106 Å². The molecular formula is C17H24. The lowest BCUT2D eigenvalue weighted by Gasteiger charge is -2.10. The third-order valence-corrected chi connectivity index (χ3v) is 3.66. The van der Waals surface area contributed by atoms with Crippen LogP contribution in [0.3, 0.4) is 0 Å². The van der Waals surface area contributed by atoms with Gasteiger partial charge in [0, 0.05) is 0 Å². The normalized spacial score (nSPS) is 18.5. The summed E-state index contributed by atoms with van der Waals surface area (Å²) < 4.78 is 0. The third-order valence-electron chi connectivity index (χ3n) is 3.66. The van der Waals surface area contributed by atoms with Gasteiger partial charge in [0.2, 0.25) is 0 Å². The van der Waals surface area contributed by atoms with Gasteiger partial charge in [-0.2, -0.15) is 0 Å². The van der Waals surface area contributed by atoms with E-state index in [4.69, 9.17) is 0 Å². The van der Waals surface area contributed by atoms with Crippen LogP contribution in [0.2, 0.25) is 0 Å². The molecule has 1 aromatic rings. The second-order valence-corrected chi connectivity index (χ2v) is 5.18. The van der Waals surface area contributed by atoms with Crippen molar-refractivity contribution in [2.45, 2.75) is 57.8 Å². The van der Waals surface area contributed by atoms with Gasteiger partial charge < -0.3 is 0 Å². The van der Waals surface area contributed by atoms with Crippen molar-refractivity contribution in [2.75, 3.05) is 0 Å². The zero-order chi connectivity index (χ0) is 11.8. The van der Waals surface area contributed by atoms with E-state index >= 15 is 0 Å². The molecule has 0 fully saturated rings. The summed E-state index contributed by atoms with van der Waals surface area (Å²) in [5, 5.41) is 0. The van der Waals surface area contributed by atoms with Gasteiger partial charge in [0.25, 0.3) is 0 Å². The van der Waals surface area contributed by atoms with Crippen molar-refractivity contribution in [1.29, 1.82) is 0 Å². The highest BCUT2D eigenvalue weighted by atomic mass is 14.1. The highest BCUT2D eigenvalue weighted by Gasteiger charge is 2.02. The molecule has 0 radical (unpaired) electrons. The van der Waals surface area contributed by atoms with Gasteiger partial charge in [0.05, 0.1) is 0 Å². The van der Waals surface area contributed by atoms with Gasteiger partial charge in [-0.25, -0.2) is 0 Å². The molecule has 0 aromatic heterocycles. The molecule has 0 nitrogen and oxygen atoms in total. The molecule has 0 heterocycles. The lowest BCUT2D eigenvalue weighted by Crippen LogP contribution is -1.93. The van der Waals surface area contributed by atoms with Gasteiger partial charge in [0.1, 0.15) is 0 Å². The molecule has 1 aromatic carbocycles. The van der Waals surface area contributed by atoms with E-state index in [2.05, 4.69) is 36.4 Å². The Bertz CT molecular complexity index is 334. The summed E-state index contributed by atoms with van der Waals surface area (Å²) in [6.07, 6.45) is 14.8. The van der Waals surface area contributed by atoms with Gasteiger partial charge in [-0.1, -0.05) is 67.7 Å². The van der Waals surface area contributed by atoms with Crippen molar-refractivity contribution in [2.24, 2.45) is 0 Å². The monoisotopic (exact) mass is 228 g/mol. The van der Waals surface area contributed by atoms with E-state index in [1.165, 1.54) is 63.4 Å². The topological polar surface area (TPSA) is 0 Å². The third kappa shape index (κ3) is 4.77. The van der Waals surface area contributed by atoms with E-state index < -0.39 is 0 Å². The molecule has 0 bridgehead atoms. The predicted octanol–water partition coefficient (Wildman–Crippen LogP) is 5.29. The first-order valence-electron chi connectivity index (χ1n) is 7.17. The summed E-state index contributed by atoms with van der Waals surface area (Å²) in [6.45, 7) is 0. The minimum atomic E-state index is 1.17. The summed E-state index contributed by atoms with van der Waals surface area (Å²) >= 11 is 0.